The van der Waals surface area contributed by atoms with Crippen molar-refractivity contribution in [3.8, 4) is 0 Å². The molecule has 0 heterocycles. The SMILES string of the molecule is COC1CC2[C@@]3(C)CCCC(C)(C)C3CC[C@@]2(C)C2CCC(C(C)(C)CCC=C(C)C)[C@@]12C. The highest BCUT2D eigenvalue weighted by Crippen LogP contribution is 2.75. The zero-order chi connectivity index (χ0) is 24.4. The van der Waals surface area contributed by atoms with Gasteiger partial charge in [0.1, 0.15) is 0 Å². The monoisotopic (exact) mass is 456 g/mol. The number of hydrogen-bond donors (Lipinski definition) is 0. The minimum absolute atomic E-state index is 0.307. The summed E-state index contributed by atoms with van der Waals surface area (Å²) in [6.07, 6.45) is 16.7. The van der Waals surface area contributed by atoms with Crippen LogP contribution in [-0.4, -0.2) is 13.2 Å². The molecule has 4 saturated carbocycles. The van der Waals surface area contributed by atoms with Gasteiger partial charge in [-0.05, 0) is 117 Å². The Morgan fingerprint density at radius 2 is 1.55 bits per heavy atom. The van der Waals surface area contributed by atoms with E-state index in [4.69, 9.17) is 4.74 Å². The fraction of sp³-hybridized carbons (Fsp3) is 0.938. The van der Waals surface area contributed by atoms with Gasteiger partial charge in [-0.25, -0.2) is 0 Å². The van der Waals surface area contributed by atoms with Crippen LogP contribution in [0, 0.1) is 50.7 Å². The van der Waals surface area contributed by atoms with E-state index in [1.54, 1.807) is 0 Å². The molecule has 0 aromatic carbocycles. The smallest absolute Gasteiger partial charge is 0.0633 e. The third kappa shape index (κ3) is 3.81. The maximum Gasteiger partial charge on any atom is 0.0633 e. The van der Waals surface area contributed by atoms with E-state index >= 15 is 0 Å². The third-order valence-electron chi connectivity index (χ3n) is 12.6. The van der Waals surface area contributed by atoms with Crippen molar-refractivity contribution in [2.75, 3.05) is 7.11 Å². The standard InChI is InChI=1S/C32H56O/c1-22(2)13-11-17-29(5,6)24-14-15-25-31(8)20-16-23-28(3,4)18-12-19-30(23,7)26(31)21-27(33-10)32(24,25)9/h13,23-27H,11-12,14-21H2,1-10H3/t23?,24?,25?,26?,27?,30-,31-,32+/m0/s1. The molecule has 0 aliphatic heterocycles. The van der Waals surface area contributed by atoms with Crippen LogP contribution in [0.15, 0.2) is 11.6 Å². The minimum atomic E-state index is 0.307. The van der Waals surface area contributed by atoms with E-state index in [1.165, 1.54) is 69.8 Å². The first-order valence-electron chi connectivity index (χ1n) is 14.4. The van der Waals surface area contributed by atoms with E-state index in [0.29, 0.717) is 33.2 Å². The highest BCUT2D eigenvalue weighted by atomic mass is 16.5. The van der Waals surface area contributed by atoms with Crippen LogP contribution in [0.2, 0.25) is 0 Å². The molecule has 4 rings (SSSR count). The second kappa shape index (κ2) is 8.38. The van der Waals surface area contributed by atoms with Gasteiger partial charge in [-0.15, -0.1) is 0 Å². The molecule has 4 aliphatic rings. The predicted molar refractivity (Wildman–Crippen MR) is 142 cm³/mol. The molecule has 0 amide bonds. The molecule has 0 N–H and O–H groups in total. The van der Waals surface area contributed by atoms with E-state index in [2.05, 4.69) is 68.4 Å². The zero-order valence-corrected chi connectivity index (χ0v) is 23.9. The van der Waals surface area contributed by atoms with Gasteiger partial charge in [0.15, 0.2) is 0 Å². The van der Waals surface area contributed by atoms with E-state index in [1.807, 2.05) is 7.11 Å². The van der Waals surface area contributed by atoms with Crippen molar-refractivity contribution in [3.63, 3.8) is 0 Å². The van der Waals surface area contributed by atoms with Crippen molar-refractivity contribution in [1.82, 2.24) is 0 Å². The van der Waals surface area contributed by atoms with Crippen LogP contribution in [0.5, 0.6) is 0 Å². The Hall–Kier alpha value is -0.300. The molecule has 5 unspecified atom stereocenters. The van der Waals surface area contributed by atoms with E-state index < -0.39 is 0 Å². The van der Waals surface area contributed by atoms with Crippen molar-refractivity contribution >= 4 is 0 Å². The summed E-state index contributed by atoms with van der Waals surface area (Å²) in [5.41, 5.74) is 3.61. The Labute approximate surface area is 206 Å². The molecule has 4 aliphatic carbocycles. The van der Waals surface area contributed by atoms with Gasteiger partial charge in [0.25, 0.3) is 0 Å². The first-order chi connectivity index (χ1) is 15.2. The molecule has 0 aromatic heterocycles. The fourth-order valence-corrected chi connectivity index (χ4v) is 11.3. The maximum atomic E-state index is 6.53. The van der Waals surface area contributed by atoms with Crippen LogP contribution in [-0.2, 0) is 4.74 Å². The summed E-state index contributed by atoms with van der Waals surface area (Å²) in [6, 6.07) is 0. The Morgan fingerprint density at radius 1 is 0.879 bits per heavy atom. The van der Waals surface area contributed by atoms with Crippen molar-refractivity contribution in [3.05, 3.63) is 11.6 Å². The Kier molecular flexibility index (Phi) is 6.55. The van der Waals surface area contributed by atoms with Crippen molar-refractivity contribution < 1.29 is 4.74 Å². The van der Waals surface area contributed by atoms with Gasteiger partial charge in [-0.1, -0.05) is 66.5 Å². The van der Waals surface area contributed by atoms with Crippen LogP contribution < -0.4 is 0 Å². The normalized spacial score (nSPS) is 46.8. The lowest BCUT2D eigenvalue weighted by Crippen LogP contribution is -2.64. The molecular formula is C32H56O. The summed E-state index contributed by atoms with van der Waals surface area (Å²) in [6.45, 7) is 22.9. The lowest BCUT2D eigenvalue weighted by molar-refractivity contribution is -0.232. The van der Waals surface area contributed by atoms with Crippen molar-refractivity contribution in [2.24, 2.45) is 50.7 Å². The number of fused-ring (bicyclic) bond motifs is 5. The molecule has 0 bridgehead atoms. The molecule has 33 heavy (non-hydrogen) atoms. The van der Waals surface area contributed by atoms with Gasteiger partial charge in [-0.3, -0.25) is 0 Å². The summed E-state index contributed by atoms with van der Waals surface area (Å²) in [5.74, 6) is 3.27. The first-order valence-corrected chi connectivity index (χ1v) is 14.4. The maximum absolute atomic E-state index is 6.53. The largest absolute Gasteiger partial charge is 0.381 e. The summed E-state index contributed by atoms with van der Waals surface area (Å²) >= 11 is 0. The number of ether oxygens (including phenoxy) is 1. The molecule has 0 radical (unpaired) electrons. The van der Waals surface area contributed by atoms with Crippen LogP contribution in [0.4, 0.5) is 0 Å². The van der Waals surface area contributed by atoms with Crippen molar-refractivity contribution in [2.45, 2.75) is 133 Å². The minimum Gasteiger partial charge on any atom is -0.381 e. The predicted octanol–water partition coefficient (Wildman–Crippen LogP) is 9.46. The van der Waals surface area contributed by atoms with E-state index in [9.17, 15) is 0 Å². The number of hydrogen-bond acceptors (Lipinski definition) is 1. The van der Waals surface area contributed by atoms with Gasteiger partial charge in [0.05, 0.1) is 6.10 Å². The van der Waals surface area contributed by atoms with Gasteiger partial charge in [0, 0.05) is 12.5 Å². The summed E-state index contributed by atoms with van der Waals surface area (Å²) in [5, 5.41) is 0. The fourth-order valence-electron chi connectivity index (χ4n) is 11.3. The highest BCUT2D eigenvalue weighted by molar-refractivity contribution is 5.18. The lowest BCUT2D eigenvalue weighted by Gasteiger charge is -2.69. The Morgan fingerprint density at radius 3 is 2.18 bits per heavy atom. The summed E-state index contributed by atoms with van der Waals surface area (Å²) in [4.78, 5) is 0. The van der Waals surface area contributed by atoms with Crippen LogP contribution >= 0.6 is 0 Å². The zero-order valence-electron chi connectivity index (χ0n) is 23.9. The Bertz CT molecular complexity index is 756. The molecule has 1 heteroatoms. The van der Waals surface area contributed by atoms with Crippen molar-refractivity contribution in [1.29, 1.82) is 0 Å². The summed E-state index contributed by atoms with van der Waals surface area (Å²) < 4.78 is 6.53. The summed E-state index contributed by atoms with van der Waals surface area (Å²) in [7, 11) is 2.04. The van der Waals surface area contributed by atoms with Gasteiger partial charge < -0.3 is 4.74 Å². The first kappa shape index (κ1) is 25.8. The van der Waals surface area contributed by atoms with Crippen LogP contribution in [0.3, 0.4) is 0 Å². The van der Waals surface area contributed by atoms with Gasteiger partial charge in [0.2, 0.25) is 0 Å². The van der Waals surface area contributed by atoms with E-state index in [-0.39, 0.29) is 0 Å². The molecule has 4 fully saturated rings. The molecular weight excluding hydrogens is 400 g/mol. The topological polar surface area (TPSA) is 9.23 Å². The quantitative estimate of drug-likeness (QED) is 0.374. The highest BCUT2D eigenvalue weighted by Gasteiger charge is 2.70. The van der Waals surface area contributed by atoms with E-state index in [0.717, 1.165) is 23.7 Å². The molecule has 1 nitrogen and oxygen atoms in total. The number of rotatable bonds is 5. The molecule has 8 atom stereocenters. The van der Waals surface area contributed by atoms with Gasteiger partial charge in [-0.2, -0.15) is 0 Å². The van der Waals surface area contributed by atoms with Gasteiger partial charge >= 0.3 is 0 Å². The number of methoxy groups -OCH3 is 1. The Balaban J connectivity index is 1.69. The molecule has 0 aromatic rings. The molecule has 0 saturated heterocycles. The third-order valence-corrected chi connectivity index (χ3v) is 12.6. The van der Waals surface area contributed by atoms with Crippen LogP contribution in [0.1, 0.15) is 127 Å². The lowest BCUT2D eigenvalue weighted by atomic mass is 9.36. The second-order valence-electron chi connectivity index (χ2n) is 15.3. The average molecular weight is 457 g/mol. The molecule has 190 valence electrons. The van der Waals surface area contributed by atoms with Crippen LogP contribution in [0.25, 0.3) is 0 Å². The number of allylic oxidation sites excluding steroid dienone is 2. The second-order valence-corrected chi connectivity index (χ2v) is 15.3. The average Bonchev–Trinajstić information content (AvgIpc) is 3.06. The molecule has 0 spiro atoms.